The van der Waals surface area contributed by atoms with Gasteiger partial charge in [0.05, 0.1) is 5.56 Å². The number of hydrogen-bond acceptors (Lipinski definition) is 1. The molecule has 12 heavy (non-hydrogen) atoms. The van der Waals surface area contributed by atoms with E-state index >= 15 is 0 Å². The van der Waals surface area contributed by atoms with Crippen LogP contribution in [0, 0.1) is 0 Å². The minimum absolute atomic E-state index is 0. The van der Waals surface area contributed by atoms with Crippen LogP contribution in [0.1, 0.15) is 15.9 Å². The Balaban J connectivity index is 0.00000121. The fourth-order valence-electron chi connectivity index (χ4n) is 0.736. The minimum Gasteiger partial charge on any atom is -0.478 e. The van der Waals surface area contributed by atoms with E-state index in [9.17, 15) is 9.18 Å². The summed E-state index contributed by atoms with van der Waals surface area (Å²) in [6.07, 6.45) is 0. The maximum Gasteiger partial charge on any atom is 0.335 e. The number of hydrogen-bond donors (Lipinski definition) is 1. The number of carboxylic acid groups (broad SMARTS) is 1. The summed E-state index contributed by atoms with van der Waals surface area (Å²) in [6, 6.07) is 5.70. The molecule has 0 radical (unpaired) electrons. The SMILES string of the molecule is Cl.O=C(O)c1ccc(CF)cc1. The largest absolute Gasteiger partial charge is 0.478 e. The van der Waals surface area contributed by atoms with Crippen LogP contribution in [0.4, 0.5) is 4.39 Å². The van der Waals surface area contributed by atoms with Crippen molar-refractivity contribution in [3.05, 3.63) is 35.4 Å². The Bertz CT molecular complexity index is 258. The summed E-state index contributed by atoms with van der Waals surface area (Å²) in [5.41, 5.74) is 0.678. The molecule has 0 bridgehead atoms. The van der Waals surface area contributed by atoms with Crippen LogP contribution >= 0.6 is 12.4 Å². The lowest BCUT2D eigenvalue weighted by molar-refractivity contribution is 0.0697. The molecule has 1 aromatic rings. The van der Waals surface area contributed by atoms with Gasteiger partial charge in [-0.25, -0.2) is 9.18 Å². The van der Waals surface area contributed by atoms with Crippen LogP contribution in [0.25, 0.3) is 0 Å². The van der Waals surface area contributed by atoms with E-state index in [4.69, 9.17) is 5.11 Å². The van der Waals surface area contributed by atoms with Crippen molar-refractivity contribution in [3.8, 4) is 0 Å². The Morgan fingerprint density at radius 3 is 2.17 bits per heavy atom. The molecular weight excluding hydrogens is 183 g/mol. The molecule has 0 atom stereocenters. The maximum absolute atomic E-state index is 11.9. The second kappa shape index (κ2) is 4.72. The third-order valence-corrected chi connectivity index (χ3v) is 1.36. The van der Waals surface area contributed by atoms with Crippen molar-refractivity contribution in [1.82, 2.24) is 0 Å². The number of halogens is 2. The number of carboxylic acids is 1. The van der Waals surface area contributed by atoms with Crippen molar-refractivity contribution in [2.45, 2.75) is 6.67 Å². The summed E-state index contributed by atoms with van der Waals surface area (Å²) in [4.78, 5) is 10.3. The van der Waals surface area contributed by atoms with E-state index in [2.05, 4.69) is 0 Å². The molecule has 0 amide bonds. The van der Waals surface area contributed by atoms with Crippen molar-refractivity contribution in [1.29, 1.82) is 0 Å². The summed E-state index contributed by atoms with van der Waals surface area (Å²) >= 11 is 0. The van der Waals surface area contributed by atoms with E-state index in [1.165, 1.54) is 24.3 Å². The first-order valence-corrected chi connectivity index (χ1v) is 3.12. The monoisotopic (exact) mass is 190 g/mol. The van der Waals surface area contributed by atoms with E-state index in [0.29, 0.717) is 5.56 Å². The van der Waals surface area contributed by atoms with Crippen LogP contribution in [-0.2, 0) is 6.67 Å². The first kappa shape index (κ1) is 10.9. The molecule has 1 rings (SSSR count). The fourth-order valence-corrected chi connectivity index (χ4v) is 0.736. The lowest BCUT2D eigenvalue weighted by Crippen LogP contribution is -1.95. The van der Waals surface area contributed by atoms with Gasteiger partial charge in [0.1, 0.15) is 6.67 Å². The molecule has 0 aliphatic rings. The Morgan fingerprint density at radius 1 is 1.33 bits per heavy atom. The summed E-state index contributed by atoms with van der Waals surface area (Å²) in [5.74, 6) is -0.990. The zero-order valence-corrected chi connectivity index (χ0v) is 6.97. The Hall–Kier alpha value is -1.09. The number of aromatic carboxylic acids is 1. The van der Waals surface area contributed by atoms with E-state index in [-0.39, 0.29) is 18.0 Å². The van der Waals surface area contributed by atoms with Crippen LogP contribution in [0.15, 0.2) is 24.3 Å². The highest BCUT2D eigenvalue weighted by molar-refractivity contribution is 5.87. The minimum atomic E-state index is -0.990. The van der Waals surface area contributed by atoms with Crippen molar-refractivity contribution < 1.29 is 14.3 Å². The van der Waals surface area contributed by atoms with Crippen LogP contribution < -0.4 is 0 Å². The quantitative estimate of drug-likeness (QED) is 0.777. The van der Waals surface area contributed by atoms with Gasteiger partial charge in [-0.1, -0.05) is 12.1 Å². The highest BCUT2D eigenvalue weighted by Crippen LogP contribution is 2.04. The van der Waals surface area contributed by atoms with Gasteiger partial charge in [-0.2, -0.15) is 0 Å². The number of carbonyl (C=O) groups is 1. The van der Waals surface area contributed by atoms with Gasteiger partial charge in [0.2, 0.25) is 0 Å². The highest BCUT2D eigenvalue weighted by atomic mass is 35.5. The molecule has 1 aromatic carbocycles. The molecule has 66 valence electrons. The molecular formula is C8H8ClFO2. The third kappa shape index (κ3) is 2.51. The van der Waals surface area contributed by atoms with Gasteiger partial charge in [0.25, 0.3) is 0 Å². The predicted molar refractivity (Wildman–Crippen MR) is 45.5 cm³/mol. The van der Waals surface area contributed by atoms with E-state index in [0.717, 1.165) is 0 Å². The lowest BCUT2D eigenvalue weighted by atomic mass is 10.1. The van der Waals surface area contributed by atoms with Gasteiger partial charge in [0, 0.05) is 0 Å². The molecule has 0 unspecified atom stereocenters. The average Bonchev–Trinajstić information content (AvgIpc) is 2.05. The summed E-state index contributed by atoms with van der Waals surface area (Å²) in [7, 11) is 0. The van der Waals surface area contributed by atoms with Crippen molar-refractivity contribution in [2.24, 2.45) is 0 Å². The van der Waals surface area contributed by atoms with Crippen molar-refractivity contribution >= 4 is 18.4 Å². The maximum atomic E-state index is 11.9. The van der Waals surface area contributed by atoms with Crippen LogP contribution in [-0.4, -0.2) is 11.1 Å². The molecule has 4 heteroatoms. The zero-order valence-electron chi connectivity index (χ0n) is 6.16. The smallest absolute Gasteiger partial charge is 0.335 e. The average molecular weight is 191 g/mol. The van der Waals surface area contributed by atoms with Gasteiger partial charge in [-0.3, -0.25) is 0 Å². The Morgan fingerprint density at radius 2 is 1.83 bits per heavy atom. The molecule has 2 nitrogen and oxygen atoms in total. The molecule has 1 N–H and O–H groups in total. The van der Waals surface area contributed by atoms with Gasteiger partial charge in [-0.15, -0.1) is 12.4 Å². The summed E-state index contributed by atoms with van der Waals surface area (Å²) < 4.78 is 11.9. The van der Waals surface area contributed by atoms with Gasteiger partial charge >= 0.3 is 5.97 Å². The Labute approximate surface area is 75.4 Å². The standard InChI is InChI=1S/C8H7FO2.ClH/c9-5-6-1-3-7(4-2-6)8(10)11;/h1-4H,5H2,(H,10,11);1H. The molecule has 0 heterocycles. The first-order chi connectivity index (χ1) is 5.24. The van der Waals surface area contributed by atoms with Crippen LogP contribution in [0.5, 0.6) is 0 Å². The van der Waals surface area contributed by atoms with Gasteiger partial charge < -0.3 is 5.11 Å². The van der Waals surface area contributed by atoms with E-state index in [1.807, 2.05) is 0 Å². The molecule has 0 aromatic heterocycles. The van der Waals surface area contributed by atoms with Crippen LogP contribution in [0.2, 0.25) is 0 Å². The molecule has 0 saturated carbocycles. The van der Waals surface area contributed by atoms with Gasteiger partial charge in [0.15, 0.2) is 0 Å². The molecule has 0 saturated heterocycles. The van der Waals surface area contributed by atoms with E-state index in [1.54, 1.807) is 0 Å². The van der Waals surface area contributed by atoms with Gasteiger partial charge in [-0.05, 0) is 17.7 Å². The summed E-state index contributed by atoms with van der Waals surface area (Å²) in [5, 5.41) is 8.45. The Kier molecular flexibility index (Phi) is 4.29. The van der Waals surface area contributed by atoms with Crippen LogP contribution in [0.3, 0.4) is 0 Å². The number of alkyl halides is 1. The molecule has 0 fully saturated rings. The predicted octanol–water partition coefficient (Wildman–Crippen LogP) is 2.28. The van der Waals surface area contributed by atoms with Crippen molar-refractivity contribution in [3.63, 3.8) is 0 Å². The first-order valence-electron chi connectivity index (χ1n) is 3.12. The molecule has 0 spiro atoms. The molecule has 0 aliphatic heterocycles. The normalized spacial score (nSPS) is 8.75. The highest BCUT2D eigenvalue weighted by Gasteiger charge is 2.00. The third-order valence-electron chi connectivity index (χ3n) is 1.36. The summed E-state index contributed by atoms with van der Waals surface area (Å²) in [6.45, 7) is -0.556. The lowest BCUT2D eigenvalue weighted by Gasteiger charge is -1.94. The topological polar surface area (TPSA) is 37.3 Å². The number of benzene rings is 1. The second-order valence-corrected chi connectivity index (χ2v) is 2.14. The zero-order chi connectivity index (χ0) is 8.27. The molecule has 0 aliphatic carbocycles. The fraction of sp³-hybridized carbons (Fsp3) is 0.125. The van der Waals surface area contributed by atoms with E-state index < -0.39 is 12.6 Å². The number of rotatable bonds is 2. The van der Waals surface area contributed by atoms with Crippen molar-refractivity contribution in [2.75, 3.05) is 0 Å². The second-order valence-electron chi connectivity index (χ2n) is 2.14.